The Hall–Kier alpha value is -2.47. The number of hydrogen-bond donors (Lipinski definition) is 1. The average Bonchev–Trinajstić information content (AvgIpc) is 2.46. The molecule has 0 fully saturated rings. The highest BCUT2D eigenvalue weighted by molar-refractivity contribution is 5.38. The van der Waals surface area contributed by atoms with Crippen LogP contribution in [-0.4, -0.2) is 16.6 Å². The monoisotopic (exact) mass is 277 g/mol. The van der Waals surface area contributed by atoms with Gasteiger partial charge in [0.15, 0.2) is 0 Å². The van der Waals surface area contributed by atoms with Gasteiger partial charge in [-0.05, 0) is 23.8 Å². The number of nitrogens with zero attached hydrogens (tertiary/aromatic N) is 1. The molecule has 0 saturated heterocycles. The number of halogens is 1. The normalized spacial score (nSPS) is 11.9. The quantitative estimate of drug-likeness (QED) is 0.673. The fourth-order valence-electron chi connectivity index (χ4n) is 1.64. The van der Waals surface area contributed by atoms with Gasteiger partial charge in [0.05, 0.1) is 11.0 Å². The number of nitro groups is 1. The Kier molecular flexibility index (Phi) is 4.27. The Labute approximate surface area is 114 Å². The summed E-state index contributed by atoms with van der Waals surface area (Å²) in [6, 6.07) is 11.1. The molecule has 1 unspecified atom stereocenters. The molecule has 6 heteroatoms. The summed E-state index contributed by atoms with van der Waals surface area (Å²) in [5, 5.41) is 20.5. The lowest BCUT2D eigenvalue weighted by atomic mass is 10.1. The second kappa shape index (κ2) is 6.12. The van der Waals surface area contributed by atoms with E-state index in [1.165, 1.54) is 42.5 Å². The van der Waals surface area contributed by atoms with E-state index in [9.17, 15) is 19.6 Å². The van der Waals surface area contributed by atoms with E-state index in [-0.39, 0.29) is 18.1 Å². The van der Waals surface area contributed by atoms with Gasteiger partial charge in [-0.3, -0.25) is 10.1 Å². The zero-order valence-corrected chi connectivity index (χ0v) is 10.4. The Morgan fingerprint density at radius 2 is 1.95 bits per heavy atom. The Morgan fingerprint density at radius 3 is 2.60 bits per heavy atom. The van der Waals surface area contributed by atoms with Gasteiger partial charge in [-0.15, -0.1) is 0 Å². The van der Waals surface area contributed by atoms with Crippen LogP contribution in [-0.2, 0) is 0 Å². The molecule has 2 rings (SSSR count). The maximum atomic E-state index is 12.7. The highest BCUT2D eigenvalue weighted by Crippen LogP contribution is 2.21. The fraction of sp³-hybridized carbons (Fsp3) is 0.143. The molecule has 0 radical (unpaired) electrons. The van der Waals surface area contributed by atoms with Crippen LogP contribution in [0.25, 0.3) is 0 Å². The highest BCUT2D eigenvalue weighted by atomic mass is 19.1. The summed E-state index contributed by atoms with van der Waals surface area (Å²) in [6.45, 7) is -0.0766. The third-order valence-corrected chi connectivity index (χ3v) is 2.69. The minimum atomic E-state index is -0.935. The first-order valence-corrected chi connectivity index (χ1v) is 5.87. The standard InChI is InChI=1S/C14H12FNO4/c15-11-6-4-10(5-7-11)14(17)9-20-13-3-1-2-12(8-13)16(18)19/h1-8,14,17H,9H2. The van der Waals surface area contributed by atoms with Gasteiger partial charge in [-0.1, -0.05) is 18.2 Å². The van der Waals surface area contributed by atoms with Crippen molar-refractivity contribution in [2.45, 2.75) is 6.10 Å². The molecule has 0 aliphatic carbocycles. The van der Waals surface area contributed by atoms with Crippen LogP contribution in [0.2, 0.25) is 0 Å². The van der Waals surface area contributed by atoms with Crippen molar-refractivity contribution in [3.63, 3.8) is 0 Å². The minimum Gasteiger partial charge on any atom is -0.490 e. The van der Waals surface area contributed by atoms with Crippen molar-refractivity contribution in [3.05, 3.63) is 70.0 Å². The molecule has 0 amide bonds. The van der Waals surface area contributed by atoms with Crippen molar-refractivity contribution in [1.29, 1.82) is 0 Å². The molecule has 20 heavy (non-hydrogen) atoms. The molecule has 0 heterocycles. The van der Waals surface area contributed by atoms with Crippen LogP contribution >= 0.6 is 0 Å². The lowest BCUT2D eigenvalue weighted by Crippen LogP contribution is -2.09. The van der Waals surface area contributed by atoms with Gasteiger partial charge in [0.25, 0.3) is 5.69 Å². The summed E-state index contributed by atoms with van der Waals surface area (Å²) in [7, 11) is 0. The third kappa shape index (κ3) is 3.52. The number of hydrogen-bond acceptors (Lipinski definition) is 4. The van der Waals surface area contributed by atoms with Crippen LogP contribution in [0.4, 0.5) is 10.1 Å². The number of nitro benzene ring substituents is 1. The van der Waals surface area contributed by atoms with Crippen molar-refractivity contribution < 1.29 is 19.2 Å². The van der Waals surface area contributed by atoms with Gasteiger partial charge in [0.1, 0.15) is 24.3 Å². The van der Waals surface area contributed by atoms with Crippen molar-refractivity contribution in [3.8, 4) is 5.75 Å². The Balaban J connectivity index is 1.99. The first-order chi connectivity index (χ1) is 9.56. The predicted octanol–water partition coefficient (Wildman–Crippen LogP) is 2.85. The Bertz CT molecular complexity index is 600. The zero-order valence-electron chi connectivity index (χ0n) is 10.4. The zero-order chi connectivity index (χ0) is 14.5. The van der Waals surface area contributed by atoms with E-state index in [1.54, 1.807) is 6.07 Å². The van der Waals surface area contributed by atoms with E-state index in [0.29, 0.717) is 11.3 Å². The van der Waals surface area contributed by atoms with E-state index in [4.69, 9.17) is 4.74 Å². The molecule has 5 nitrogen and oxygen atoms in total. The second-order valence-corrected chi connectivity index (χ2v) is 4.13. The smallest absolute Gasteiger partial charge is 0.273 e. The molecule has 2 aromatic rings. The lowest BCUT2D eigenvalue weighted by Gasteiger charge is -2.12. The molecule has 0 bridgehead atoms. The molecule has 0 aliphatic rings. The SMILES string of the molecule is O=[N+]([O-])c1cccc(OCC(O)c2ccc(F)cc2)c1. The lowest BCUT2D eigenvalue weighted by molar-refractivity contribution is -0.384. The van der Waals surface area contributed by atoms with Gasteiger partial charge in [-0.25, -0.2) is 4.39 Å². The number of rotatable bonds is 5. The van der Waals surface area contributed by atoms with Crippen LogP contribution in [0.3, 0.4) is 0 Å². The molecular formula is C14H12FNO4. The number of non-ortho nitro benzene ring substituents is 1. The van der Waals surface area contributed by atoms with Crippen LogP contribution in [0.5, 0.6) is 5.75 Å². The minimum absolute atomic E-state index is 0.0766. The predicted molar refractivity (Wildman–Crippen MR) is 70.0 cm³/mol. The molecule has 0 aliphatic heterocycles. The molecule has 2 aromatic carbocycles. The van der Waals surface area contributed by atoms with Crippen LogP contribution in [0.15, 0.2) is 48.5 Å². The second-order valence-electron chi connectivity index (χ2n) is 4.13. The van der Waals surface area contributed by atoms with E-state index in [0.717, 1.165) is 0 Å². The van der Waals surface area contributed by atoms with Crippen molar-refractivity contribution >= 4 is 5.69 Å². The van der Waals surface area contributed by atoms with Gasteiger partial charge in [-0.2, -0.15) is 0 Å². The van der Waals surface area contributed by atoms with E-state index >= 15 is 0 Å². The average molecular weight is 277 g/mol. The summed E-state index contributed by atoms with van der Waals surface area (Å²) >= 11 is 0. The number of aliphatic hydroxyl groups excluding tert-OH is 1. The van der Waals surface area contributed by atoms with Crippen molar-refractivity contribution in [2.75, 3.05) is 6.61 Å². The summed E-state index contributed by atoms with van der Waals surface area (Å²) in [5.74, 6) is -0.0964. The largest absolute Gasteiger partial charge is 0.490 e. The van der Waals surface area contributed by atoms with Gasteiger partial charge >= 0.3 is 0 Å². The number of benzene rings is 2. The number of ether oxygens (including phenoxy) is 1. The maximum Gasteiger partial charge on any atom is 0.273 e. The first-order valence-electron chi connectivity index (χ1n) is 5.87. The van der Waals surface area contributed by atoms with Crippen LogP contribution in [0, 0.1) is 15.9 Å². The molecule has 0 saturated carbocycles. The van der Waals surface area contributed by atoms with Gasteiger partial charge < -0.3 is 9.84 Å². The van der Waals surface area contributed by atoms with Crippen molar-refractivity contribution in [1.82, 2.24) is 0 Å². The molecule has 0 spiro atoms. The van der Waals surface area contributed by atoms with E-state index in [2.05, 4.69) is 0 Å². The van der Waals surface area contributed by atoms with Crippen LogP contribution in [0.1, 0.15) is 11.7 Å². The molecular weight excluding hydrogens is 265 g/mol. The molecule has 0 aromatic heterocycles. The van der Waals surface area contributed by atoms with E-state index in [1.807, 2.05) is 0 Å². The van der Waals surface area contributed by atoms with Crippen LogP contribution < -0.4 is 4.74 Å². The topological polar surface area (TPSA) is 72.6 Å². The maximum absolute atomic E-state index is 12.7. The van der Waals surface area contributed by atoms with E-state index < -0.39 is 11.0 Å². The molecule has 104 valence electrons. The van der Waals surface area contributed by atoms with Crippen molar-refractivity contribution in [2.24, 2.45) is 0 Å². The Morgan fingerprint density at radius 1 is 1.25 bits per heavy atom. The summed E-state index contributed by atoms with van der Waals surface area (Å²) in [5.41, 5.74) is 0.426. The molecule has 1 atom stereocenters. The summed E-state index contributed by atoms with van der Waals surface area (Å²) < 4.78 is 18.0. The third-order valence-electron chi connectivity index (χ3n) is 2.69. The fourth-order valence-corrected chi connectivity index (χ4v) is 1.64. The van der Waals surface area contributed by atoms with Gasteiger partial charge in [0, 0.05) is 6.07 Å². The van der Waals surface area contributed by atoms with Gasteiger partial charge in [0.2, 0.25) is 0 Å². The highest BCUT2D eigenvalue weighted by Gasteiger charge is 2.10. The summed E-state index contributed by atoms with van der Waals surface area (Å²) in [4.78, 5) is 10.1. The molecule has 1 N–H and O–H groups in total. The first kappa shape index (κ1) is 14.0. The summed E-state index contributed by atoms with van der Waals surface area (Å²) in [6.07, 6.45) is -0.935. The number of aliphatic hydroxyl groups is 1.